The lowest BCUT2D eigenvalue weighted by Gasteiger charge is -2.30. The zero-order chi connectivity index (χ0) is 23.0. The van der Waals surface area contributed by atoms with Gasteiger partial charge in [-0.25, -0.2) is 0 Å². The summed E-state index contributed by atoms with van der Waals surface area (Å²) >= 11 is 15.6. The standard InChI is InChI=1S/C23H27BrCl2N2O3/c1-4-15-8-10-21(17(24)11-15)31-14-22(29)28(20(5-2)23(30)27-6-3)13-16-7-9-18(25)19(26)12-16/h7-12,20H,4-6,13-14H2,1-3H3,(H,27,30)/t20-/m0/s1. The van der Waals surface area contributed by atoms with Crippen LogP contribution in [-0.2, 0) is 22.6 Å². The van der Waals surface area contributed by atoms with Gasteiger partial charge in [0.15, 0.2) is 6.61 Å². The molecular formula is C23H27BrCl2N2O3. The van der Waals surface area contributed by atoms with Crippen molar-refractivity contribution in [2.45, 2.75) is 46.2 Å². The molecule has 0 saturated heterocycles. The first-order valence-electron chi connectivity index (χ1n) is 10.2. The molecule has 1 N–H and O–H groups in total. The molecular weight excluding hydrogens is 503 g/mol. The van der Waals surface area contributed by atoms with Gasteiger partial charge in [0.25, 0.3) is 5.91 Å². The van der Waals surface area contributed by atoms with E-state index in [4.69, 9.17) is 27.9 Å². The predicted molar refractivity (Wildman–Crippen MR) is 129 cm³/mol. The number of hydrogen-bond acceptors (Lipinski definition) is 3. The number of halogens is 3. The molecule has 168 valence electrons. The molecule has 0 aliphatic heterocycles. The van der Waals surface area contributed by atoms with Crippen LogP contribution in [0.3, 0.4) is 0 Å². The van der Waals surface area contributed by atoms with Crippen LogP contribution in [0.1, 0.15) is 38.3 Å². The number of amides is 2. The molecule has 0 aromatic heterocycles. The van der Waals surface area contributed by atoms with Gasteiger partial charge < -0.3 is 15.0 Å². The molecule has 1 atom stereocenters. The minimum Gasteiger partial charge on any atom is -0.483 e. The van der Waals surface area contributed by atoms with E-state index < -0.39 is 6.04 Å². The van der Waals surface area contributed by atoms with Gasteiger partial charge in [0.2, 0.25) is 5.91 Å². The first kappa shape index (κ1) is 25.5. The number of rotatable bonds is 10. The Morgan fingerprint density at radius 2 is 1.77 bits per heavy atom. The zero-order valence-corrected chi connectivity index (χ0v) is 21.0. The fraction of sp³-hybridized carbons (Fsp3) is 0.391. The molecule has 0 aliphatic carbocycles. The first-order chi connectivity index (χ1) is 14.8. The van der Waals surface area contributed by atoms with E-state index in [0.29, 0.717) is 28.8 Å². The SMILES string of the molecule is CCNC(=O)[C@H](CC)N(Cc1ccc(Cl)c(Cl)c1)C(=O)COc1ccc(CC)cc1Br. The highest BCUT2D eigenvalue weighted by Gasteiger charge is 2.29. The van der Waals surface area contributed by atoms with Gasteiger partial charge in [0.05, 0.1) is 14.5 Å². The maximum atomic E-state index is 13.2. The molecule has 0 fully saturated rings. The molecule has 5 nitrogen and oxygen atoms in total. The molecule has 31 heavy (non-hydrogen) atoms. The van der Waals surface area contributed by atoms with Crippen LogP contribution in [0.4, 0.5) is 0 Å². The van der Waals surface area contributed by atoms with Crippen molar-refractivity contribution in [1.29, 1.82) is 0 Å². The summed E-state index contributed by atoms with van der Waals surface area (Å²) in [6.07, 6.45) is 1.37. The van der Waals surface area contributed by atoms with Gasteiger partial charge >= 0.3 is 0 Å². The maximum Gasteiger partial charge on any atom is 0.261 e. The van der Waals surface area contributed by atoms with E-state index in [1.54, 1.807) is 18.2 Å². The summed E-state index contributed by atoms with van der Waals surface area (Å²) in [5.41, 5.74) is 1.94. The lowest BCUT2D eigenvalue weighted by Crippen LogP contribution is -2.50. The zero-order valence-electron chi connectivity index (χ0n) is 17.9. The van der Waals surface area contributed by atoms with E-state index >= 15 is 0 Å². The van der Waals surface area contributed by atoms with E-state index in [-0.39, 0.29) is 25.0 Å². The van der Waals surface area contributed by atoms with Crippen LogP contribution in [0.5, 0.6) is 5.75 Å². The molecule has 2 aromatic rings. The normalized spacial score (nSPS) is 11.7. The number of carbonyl (C=O) groups is 2. The average molecular weight is 530 g/mol. The molecule has 8 heteroatoms. The largest absolute Gasteiger partial charge is 0.483 e. The van der Waals surface area contributed by atoms with E-state index in [2.05, 4.69) is 28.2 Å². The van der Waals surface area contributed by atoms with Crippen LogP contribution in [0, 0.1) is 0 Å². The average Bonchev–Trinajstić information content (AvgIpc) is 2.75. The second-order valence-corrected chi connectivity index (χ2v) is 8.66. The number of hydrogen-bond donors (Lipinski definition) is 1. The van der Waals surface area contributed by atoms with Crippen molar-refractivity contribution in [3.63, 3.8) is 0 Å². The number of aryl methyl sites for hydroxylation is 1. The minimum absolute atomic E-state index is 0.193. The van der Waals surface area contributed by atoms with E-state index in [0.717, 1.165) is 22.0 Å². The Morgan fingerprint density at radius 1 is 1.06 bits per heavy atom. The van der Waals surface area contributed by atoms with Crippen molar-refractivity contribution in [1.82, 2.24) is 10.2 Å². The maximum absolute atomic E-state index is 13.2. The quantitative estimate of drug-likeness (QED) is 0.433. The summed E-state index contributed by atoms with van der Waals surface area (Å²) in [6.45, 7) is 6.29. The second kappa shape index (κ2) is 12.3. The van der Waals surface area contributed by atoms with Crippen LogP contribution in [0.15, 0.2) is 40.9 Å². The Balaban J connectivity index is 2.24. The second-order valence-electron chi connectivity index (χ2n) is 7.00. The Labute approximate surface area is 202 Å². The topological polar surface area (TPSA) is 58.6 Å². The Bertz CT molecular complexity index is 924. The van der Waals surface area contributed by atoms with Crippen LogP contribution in [-0.4, -0.2) is 35.9 Å². The van der Waals surface area contributed by atoms with Crippen molar-refractivity contribution in [3.05, 3.63) is 62.0 Å². The highest BCUT2D eigenvalue weighted by atomic mass is 79.9. The summed E-state index contributed by atoms with van der Waals surface area (Å²) in [5.74, 6) is 0.0774. The number of nitrogens with zero attached hydrogens (tertiary/aromatic N) is 1. The van der Waals surface area contributed by atoms with Gasteiger partial charge in [-0.2, -0.15) is 0 Å². The molecule has 2 amide bonds. The van der Waals surface area contributed by atoms with Gasteiger partial charge in [0, 0.05) is 13.1 Å². The fourth-order valence-corrected chi connectivity index (χ4v) is 4.01. The molecule has 0 unspecified atom stereocenters. The van der Waals surface area contributed by atoms with Gasteiger partial charge in [-0.1, -0.05) is 49.2 Å². The van der Waals surface area contributed by atoms with Gasteiger partial charge in [-0.05, 0) is 71.1 Å². The van der Waals surface area contributed by atoms with Crippen molar-refractivity contribution < 1.29 is 14.3 Å². The van der Waals surface area contributed by atoms with E-state index in [9.17, 15) is 9.59 Å². The predicted octanol–water partition coefficient (Wildman–Crippen LogP) is 5.64. The van der Waals surface area contributed by atoms with Gasteiger partial charge in [0.1, 0.15) is 11.8 Å². The van der Waals surface area contributed by atoms with Crippen LogP contribution in [0.25, 0.3) is 0 Å². The number of likely N-dealkylation sites (N-methyl/N-ethyl adjacent to an activating group) is 1. The third kappa shape index (κ3) is 7.13. The molecule has 2 aromatic carbocycles. The number of nitrogens with one attached hydrogen (secondary N) is 1. The number of ether oxygens (including phenoxy) is 1. The molecule has 0 aliphatic rings. The molecule has 0 radical (unpaired) electrons. The summed E-state index contributed by atoms with van der Waals surface area (Å²) in [4.78, 5) is 27.3. The Morgan fingerprint density at radius 3 is 2.35 bits per heavy atom. The minimum atomic E-state index is -0.628. The lowest BCUT2D eigenvalue weighted by molar-refractivity contribution is -0.142. The fourth-order valence-electron chi connectivity index (χ4n) is 3.15. The summed E-state index contributed by atoms with van der Waals surface area (Å²) < 4.78 is 6.56. The summed E-state index contributed by atoms with van der Waals surface area (Å²) in [6, 6.07) is 10.3. The Hall–Kier alpha value is -1.76. The third-order valence-corrected chi connectivity index (χ3v) is 6.19. The van der Waals surface area contributed by atoms with Gasteiger partial charge in [-0.15, -0.1) is 0 Å². The summed E-state index contributed by atoms with van der Waals surface area (Å²) in [7, 11) is 0. The smallest absolute Gasteiger partial charge is 0.261 e. The molecule has 0 bridgehead atoms. The molecule has 2 rings (SSSR count). The highest BCUT2D eigenvalue weighted by Crippen LogP contribution is 2.27. The van der Waals surface area contributed by atoms with E-state index in [1.807, 2.05) is 32.0 Å². The third-order valence-electron chi connectivity index (χ3n) is 4.83. The highest BCUT2D eigenvalue weighted by molar-refractivity contribution is 9.10. The number of carbonyl (C=O) groups excluding carboxylic acids is 2. The monoisotopic (exact) mass is 528 g/mol. The van der Waals surface area contributed by atoms with Crippen LogP contribution in [0.2, 0.25) is 10.0 Å². The van der Waals surface area contributed by atoms with E-state index in [1.165, 1.54) is 4.90 Å². The van der Waals surface area contributed by atoms with Crippen molar-refractivity contribution >= 4 is 50.9 Å². The van der Waals surface area contributed by atoms with Gasteiger partial charge in [-0.3, -0.25) is 9.59 Å². The van der Waals surface area contributed by atoms with Crippen LogP contribution >= 0.6 is 39.1 Å². The summed E-state index contributed by atoms with van der Waals surface area (Å²) in [5, 5.41) is 3.64. The molecule has 0 spiro atoms. The van der Waals surface area contributed by atoms with Crippen molar-refractivity contribution in [2.75, 3.05) is 13.2 Å². The Kier molecular flexibility index (Phi) is 10.1. The molecule has 0 saturated carbocycles. The van der Waals surface area contributed by atoms with Crippen molar-refractivity contribution in [3.8, 4) is 5.75 Å². The van der Waals surface area contributed by atoms with Crippen LogP contribution < -0.4 is 10.1 Å². The number of benzene rings is 2. The lowest BCUT2D eigenvalue weighted by atomic mass is 10.1. The van der Waals surface area contributed by atoms with Crippen molar-refractivity contribution in [2.24, 2.45) is 0 Å². The molecule has 0 heterocycles. The first-order valence-corrected chi connectivity index (χ1v) is 11.8.